The highest BCUT2D eigenvalue weighted by Gasteiger charge is 2.31. The number of rotatable bonds is 5. The Bertz CT molecular complexity index is 717. The zero-order valence-electron chi connectivity index (χ0n) is 13.7. The molecule has 2 aromatic rings. The highest BCUT2D eigenvalue weighted by molar-refractivity contribution is 5.74. The summed E-state index contributed by atoms with van der Waals surface area (Å²) in [4.78, 5) is 12.2. The molecule has 0 heterocycles. The molecule has 1 aliphatic carbocycles. The molecule has 5 nitrogen and oxygen atoms in total. The van der Waals surface area contributed by atoms with Gasteiger partial charge in [0.15, 0.2) is 0 Å². The lowest BCUT2D eigenvalue weighted by atomic mass is 10.1. The quantitative estimate of drug-likeness (QED) is 0.789. The molecule has 2 amide bonds. The maximum Gasteiger partial charge on any atom is 0.315 e. The van der Waals surface area contributed by atoms with E-state index >= 15 is 0 Å². The number of aliphatic hydroxyl groups is 1. The Balaban J connectivity index is 1.61. The maximum atomic E-state index is 12.2. The summed E-state index contributed by atoms with van der Waals surface area (Å²) >= 11 is 0. The van der Waals surface area contributed by atoms with Gasteiger partial charge in [0.25, 0.3) is 0 Å². The van der Waals surface area contributed by atoms with Crippen molar-refractivity contribution in [2.45, 2.75) is 31.7 Å². The van der Waals surface area contributed by atoms with Gasteiger partial charge in [-0.1, -0.05) is 48.5 Å². The van der Waals surface area contributed by atoms with Crippen LogP contribution in [-0.2, 0) is 24.3 Å². The SMILES string of the molecule is COCc1ccccc1CNC(=O)NC1c2ccccc2CC1O. The first-order chi connectivity index (χ1) is 11.7. The molecule has 1 aliphatic rings. The Hall–Kier alpha value is -2.37. The van der Waals surface area contributed by atoms with E-state index < -0.39 is 6.10 Å². The molecule has 3 N–H and O–H groups in total. The van der Waals surface area contributed by atoms with E-state index in [9.17, 15) is 9.90 Å². The van der Waals surface area contributed by atoms with Crippen LogP contribution < -0.4 is 10.6 Å². The van der Waals surface area contributed by atoms with E-state index in [0.717, 1.165) is 22.3 Å². The van der Waals surface area contributed by atoms with Gasteiger partial charge in [-0.25, -0.2) is 4.79 Å². The first-order valence-corrected chi connectivity index (χ1v) is 8.05. The van der Waals surface area contributed by atoms with Gasteiger partial charge < -0.3 is 20.5 Å². The van der Waals surface area contributed by atoms with E-state index in [1.54, 1.807) is 7.11 Å². The summed E-state index contributed by atoms with van der Waals surface area (Å²) in [5.41, 5.74) is 4.13. The van der Waals surface area contributed by atoms with Gasteiger partial charge in [-0.05, 0) is 22.3 Å². The van der Waals surface area contributed by atoms with Crippen LogP contribution in [0.1, 0.15) is 28.3 Å². The number of carbonyl (C=O) groups is 1. The number of nitrogens with one attached hydrogen (secondary N) is 2. The largest absolute Gasteiger partial charge is 0.390 e. The van der Waals surface area contributed by atoms with Crippen molar-refractivity contribution in [1.82, 2.24) is 10.6 Å². The van der Waals surface area contributed by atoms with Crippen molar-refractivity contribution in [2.24, 2.45) is 0 Å². The lowest BCUT2D eigenvalue weighted by Crippen LogP contribution is -2.40. The predicted octanol–water partition coefficient (Wildman–Crippen LogP) is 2.29. The van der Waals surface area contributed by atoms with Crippen LogP contribution in [-0.4, -0.2) is 24.4 Å². The van der Waals surface area contributed by atoms with Crippen LogP contribution >= 0.6 is 0 Å². The third-order valence-corrected chi connectivity index (χ3v) is 4.35. The summed E-state index contributed by atoms with van der Waals surface area (Å²) in [6.07, 6.45) is -0.0217. The van der Waals surface area contributed by atoms with E-state index in [1.165, 1.54) is 0 Å². The van der Waals surface area contributed by atoms with Crippen molar-refractivity contribution in [1.29, 1.82) is 0 Å². The van der Waals surface area contributed by atoms with Gasteiger partial charge in [-0.15, -0.1) is 0 Å². The smallest absolute Gasteiger partial charge is 0.315 e. The summed E-state index contributed by atoms with van der Waals surface area (Å²) in [6, 6.07) is 15.0. The van der Waals surface area contributed by atoms with E-state index in [1.807, 2.05) is 48.5 Å². The molecule has 0 aliphatic heterocycles. The third-order valence-electron chi connectivity index (χ3n) is 4.35. The van der Waals surface area contributed by atoms with Gasteiger partial charge >= 0.3 is 6.03 Å². The predicted molar refractivity (Wildman–Crippen MR) is 91.4 cm³/mol. The van der Waals surface area contributed by atoms with Crippen LogP contribution in [0.25, 0.3) is 0 Å². The van der Waals surface area contributed by atoms with Crippen LogP contribution in [0.2, 0.25) is 0 Å². The number of hydrogen-bond acceptors (Lipinski definition) is 3. The van der Waals surface area contributed by atoms with E-state index in [0.29, 0.717) is 19.6 Å². The molecule has 0 saturated heterocycles. The van der Waals surface area contributed by atoms with Crippen molar-refractivity contribution in [3.8, 4) is 0 Å². The minimum atomic E-state index is -0.589. The van der Waals surface area contributed by atoms with Gasteiger partial charge in [0, 0.05) is 20.1 Å². The third kappa shape index (κ3) is 3.58. The van der Waals surface area contributed by atoms with Crippen LogP contribution in [0.15, 0.2) is 48.5 Å². The number of benzene rings is 2. The molecule has 2 unspecified atom stereocenters. The minimum Gasteiger partial charge on any atom is -0.390 e. The Kier molecular flexibility index (Phi) is 5.13. The molecule has 2 atom stereocenters. The van der Waals surface area contributed by atoms with Crippen molar-refractivity contribution in [3.63, 3.8) is 0 Å². The van der Waals surface area contributed by atoms with E-state index in [4.69, 9.17) is 4.74 Å². The zero-order valence-corrected chi connectivity index (χ0v) is 13.7. The fourth-order valence-electron chi connectivity index (χ4n) is 3.14. The zero-order chi connectivity index (χ0) is 16.9. The molecule has 0 saturated carbocycles. The summed E-state index contributed by atoms with van der Waals surface area (Å²) in [5, 5.41) is 15.9. The van der Waals surface area contributed by atoms with Gasteiger partial charge in [0.2, 0.25) is 0 Å². The molecule has 0 fully saturated rings. The molecule has 5 heteroatoms. The number of carbonyl (C=O) groups excluding carboxylic acids is 1. The molecule has 0 bridgehead atoms. The minimum absolute atomic E-state index is 0.289. The number of fused-ring (bicyclic) bond motifs is 1. The van der Waals surface area contributed by atoms with Gasteiger partial charge in [0.1, 0.15) is 0 Å². The van der Waals surface area contributed by atoms with Crippen molar-refractivity contribution < 1.29 is 14.6 Å². The summed E-state index contributed by atoms with van der Waals surface area (Å²) < 4.78 is 5.17. The number of aliphatic hydroxyl groups excluding tert-OH is 1. The molecular weight excluding hydrogens is 304 g/mol. The highest BCUT2D eigenvalue weighted by Crippen LogP contribution is 2.31. The second-order valence-corrected chi connectivity index (χ2v) is 5.98. The van der Waals surface area contributed by atoms with Gasteiger partial charge in [0.05, 0.1) is 18.8 Å². The van der Waals surface area contributed by atoms with Crippen LogP contribution in [0, 0.1) is 0 Å². The molecule has 0 spiro atoms. The molecule has 0 aromatic heterocycles. The lowest BCUT2D eigenvalue weighted by Gasteiger charge is -2.19. The van der Waals surface area contributed by atoms with E-state index in [-0.39, 0.29) is 12.1 Å². The summed E-state index contributed by atoms with van der Waals surface area (Å²) in [7, 11) is 1.65. The highest BCUT2D eigenvalue weighted by atomic mass is 16.5. The van der Waals surface area contributed by atoms with E-state index in [2.05, 4.69) is 10.6 Å². The number of hydrogen-bond donors (Lipinski definition) is 3. The second-order valence-electron chi connectivity index (χ2n) is 5.98. The maximum absolute atomic E-state index is 12.2. The molecule has 24 heavy (non-hydrogen) atoms. The number of ether oxygens (including phenoxy) is 1. The molecule has 0 radical (unpaired) electrons. The lowest BCUT2D eigenvalue weighted by molar-refractivity contribution is 0.142. The van der Waals surface area contributed by atoms with Crippen LogP contribution in [0.4, 0.5) is 4.79 Å². The Morgan fingerprint density at radius 1 is 1.17 bits per heavy atom. The van der Waals surface area contributed by atoms with Crippen molar-refractivity contribution >= 4 is 6.03 Å². The molecule has 2 aromatic carbocycles. The number of urea groups is 1. The second kappa shape index (κ2) is 7.47. The van der Waals surface area contributed by atoms with Crippen LogP contribution in [0.5, 0.6) is 0 Å². The first-order valence-electron chi connectivity index (χ1n) is 8.05. The molecule has 126 valence electrons. The first kappa shape index (κ1) is 16.5. The molecule has 3 rings (SSSR count). The average molecular weight is 326 g/mol. The average Bonchev–Trinajstić information content (AvgIpc) is 2.90. The molecular formula is C19H22N2O3. The Morgan fingerprint density at radius 2 is 1.88 bits per heavy atom. The van der Waals surface area contributed by atoms with Crippen molar-refractivity contribution in [2.75, 3.05) is 7.11 Å². The van der Waals surface area contributed by atoms with Crippen LogP contribution in [0.3, 0.4) is 0 Å². The monoisotopic (exact) mass is 326 g/mol. The normalized spacial score (nSPS) is 18.9. The topological polar surface area (TPSA) is 70.6 Å². The van der Waals surface area contributed by atoms with Crippen molar-refractivity contribution in [3.05, 3.63) is 70.8 Å². The summed E-state index contributed by atoms with van der Waals surface area (Å²) in [6.45, 7) is 0.921. The Labute approximate surface area is 141 Å². The number of methoxy groups -OCH3 is 1. The fraction of sp³-hybridized carbons (Fsp3) is 0.316. The van der Waals surface area contributed by atoms with Gasteiger partial charge in [-0.2, -0.15) is 0 Å². The standard InChI is InChI=1S/C19H22N2O3/c1-24-12-15-8-3-2-7-14(15)11-20-19(23)21-18-16-9-5-4-6-13(16)10-17(18)22/h2-9,17-18,22H,10-12H2,1H3,(H2,20,21,23). The van der Waals surface area contributed by atoms with Gasteiger partial charge in [-0.3, -0.25) is 0 Å². The fourth-order valence-corrected chi connectivity index (χ4v) is 3.14. The number of amides is 2. The Morgan fingerprint density at radius 3 is 2.67 bits per heavy atom. The summed E-state index contributed by atoms with van der Waals surface area (Å²) in [5.74, 6) is 0.